The van der Waals surface area contributed by atoms with Crippen LogP contribution >= 0.6 is 0 Å². The number of nitrogens with zero attached hydrogens (tertiary/aromatic N) is 3. The molecule has 2 aromatic heterocycles. The van der Waals surface area contributed by atoms with Crippen LogP contribution < -0.4 is 5.32 Å². The molecule has 1 aliphatic rings. The Kier molecular flexibility index (Phi) is 1.38. The highest BCUT2D eigenvalue weighted by atomic mass is 15.2. The van der Waals surface area contributed by atoms with Crippen molar-refractivity contribution in [3.8, 4) is 11.3 Å². The van der Waals surface area contributed by atoms with Gasteiger partial charge in [0, 0.05) is 11.8 Å². The Labute approximate surface area is 79.9 Å². The van der Waals surface area contributed by atoms with Crippen LogP contribution in [0.15, 0.2) is 29.5 Å². The fourth-order valence-corrected chi connectivity index (χ4v) is 1.46. The molecule has 0 bridgehead atoms. The molecule has 2 N–H and O–H groups in total. The van der Waals surface area contributed by atoms with Crippen LogP contribution in [0.5, 0.6) is 0 Å². The smallest absolute Gasteiger partial charge is 0.163 e. The van der Waals surface area contributed by atoms with Crippen LogP contribution in [0.25, 0.3) is 11.3 Å². The Bertz CT molecular complexity index is 499. The average Bonchev–Trinajstić information content (AvgIpc) is 2.61. The van der Waals surface area contributed by atoms with Crippen LogP contribution in [0.2, 0.25) is 0 Å². The number of fused-ring (bicyclic) bond motifs is 3. The zero-order chi connectivity index (χ0) is 9.38. The Hall–Kier alpha value is -2.17. The summed E-state index contributed by atoms with van der Waals surface area (Å²) < 4.78 is 0. The van der Waals surface area contributed by atoms with Crippen molar-refractivity contribution in [2.24, 2.45) is 4.99 Å². The molecule has 0 spiro atoms. The van der Waals surface area contributed by atoms with E-state index in [1.54, 1.807) is 18.7 Å². The molecule has 2 aromatic rings. The number of rotatable bonds is 0. The number of hydrogen-bond donors (Lipinski definition) is 2. The number of H-pyrrole nitrogens is 1. The van der Waals surface area contributed by atoms with Crippen LogP contribution in [0, 0.1) is 0 Å². The number of hydrogen-bond acceptors (Lipinski definition) is 4. The third-order valence-corrected chi connectivity index (χ3v) is 2.10. The molecule has 0 fully saturated rings. The van der Waals surface area contributed by atoms with E-state index >= 15 is 0 Å². The maximum absolute atomic E-state index is 4.18. The van der Waals surface area contributed by atoms with Crippen molar-refractivity contribution < 1.29 is 0 Å². The second kappa shape index (κ2) is 2.66. The molecule has 0 saturated heterocycles. The molecule has 5 heteroatoms. The van der Waals surface area contributed by atoms with E-state index in [0.29, 0.717) is 5.82 Å². The summed E-state index contributed by atoms with van der Waals surface area (Å²) in [6.45, 7) is 0. The Balaban J connectivity index is 2.34. The molecule has 0 amide bonds. The van der Waals surface area contributed by atoms with Gasteiger partial charge in [-0.1, -0.05) is 0 Å². The number of nitrogens with one attached hydrogen (secondary N) is 2. The van der Waals surface area contributed by atoms with E-state index in [0.717, 1.165) is 16.9 Å². The second-order valence-corrected chi connectivity index (χ2v) is 2.94. The summed E-state index contributed by atoms with van der Waals surface area (Å²) in [6.07, 6.45) is 5.06. The molecule has 68 valence electrons. The number of aromatic nitrogens is 3. The summed E-state index contributed by atoms with van der Waals surface area (Å²) in [6, 6.07) is 3.84. The molecule has 3 heterocycles. The normalized spacial score (nSPS) is 12.6. The van der Waals surface area contributed by atoms with Crippen LogP contribution in [0.3, 0.4) is 0 Å². The van der Waals surface area contributed by atoms with E-state index in [1.807, 2.05) is 12.1 Å². The van der Waals surface area contributed by atoms with E-state index in [2.05, 4.69) is 25.5 Å². The van der Waals surface area contributed by atoms with Crippen LogP contribution in [-0.2, 0) is 0 Å². The molecular weight excluding hydrogens is 178 g/mol. The fraction of sp³-hybridized carbons (Fsp3) is 0. The fourth-order valence-electron chi connectivity index (χ4n) is 1.46. The van der Waals surface area contributed by atoms with E-state index < -0.39 is 0 Å². The molecule has 0 atom stereocenters. The molecule has 5 nitrogen and oxygen atoms in total. The zero-order valence-corrected chi connectivity index (χ0v) is 7.23. The predicted octanol–water partition coefficient (Wildman–Crippen LogP) is 1.56. The minimum absolute atomic E-state index is 0.697. The first-order valence-electron chi connectivity index (χ1n) is 4.23. The van der Waals surface area contributed by atoms with Gasteiger partial charge in [0.1, 0.15) is 0 Å². The van der Waals surface area contributed by atoms with Crippen molar-refractivity contribution in [3.63, 3.8) is 0 Å². The Morgan fingerprint density at radius 3 is 3.29 bits per heavy atom. The van der Waals surface area contributed by atoms with E-state index in [1.165, 1.54) is 0 Å². The minimum atomic E-state index is 0.697. The largest absolute Gasteiger partial charge is 0.343 e. The molecule has 3 rings (SSSR count). The van der Waals surface area contributed by atoms with Crippen molar-refractivity contribution in [3.05, 3.63) is 24.5 Å². The number of aromatic amines is 1. The predicted molar refractivity (Wildman–Crippen MR) is 53.6 cm³/mol. The first-order valence-corrected chi connectivity index (χ1v) is 4.23. The van der Waals surface area contributed by atoms with Gasteiger partial charge in [0.05, 0.1) is 23.9 Å². The minimum Gasteiger partial charge on any atom is -0.343 e. The lowest BCUT2D eigenvalue weighted by atomic mass is 10.2. The van der Waals surface area contributed by atoms with Gasteiger partial charge in [-0.2, -0.15) is 5.10 Å². The molecule has 14 heavy (non-hydrogen) atoms. The quantitative estimate of drug-likeness (QED) is 0.654. The third kappa shape index (κ3) is 0.922. The van der Waals surface area contributed by atoms with Gasteiger partial charge >= 0.3 is 0 Å². The average molecular weight is 185 g/mol. The molecular formula is C9H7N5. The lowest BCUT2D eigenvalue weighted by Gasteiger charge is -1.99. The van der Waals surface area contributed by atoms with Crippen molar-refractivity contribution in [2.75, 3.05) is 5.32 Å². The number of aliphatic imine (C=N–C) groups is 1. The van der Waals surface area contributed by atoms with Gasteiger partial charge in [0.25, 0.3) is 0 Å². The highest BCUT2D eigenvalue weighted by molar-refractivity contribution is 5.91. The van der Waals surface area contributed by atoms with Gasteiger partial charge in [-0.05, 0) is 12.1 Å². The van der Waals surface area contributed by atoms with Gasteiger partial charge < -0.3 is 5.32 Å². The van der Waals surface area contributed by atoms with Crippen molar-refractivity contribution in [1.29, 1.82) is 0 Å². The van der Waals surface area contributed by atoms with Crippen LogP contribution in [-0.4, -0.2) is 21.5 Å². The highest BCUT2D eigenvalue weighted by Crippen LogP contribution is 2.32. The van der Waals surface area contributed by atoms with E-state index in [4.69, 9.17) is 0 Å². The highest BCUT2D eigenvalue weighted by Gasteiger charge is 2.13. The molecule has 0 unspecified atom stereocenters. The summed E-state index contributed by atoms with van der Waals surface area (Å²) in [5, 5.41) is 9.92. The zero-order valence-electron chi connectivity index (χ0n) is 7.23. The molecule has 0 aliphatic carbocycles. The van der Waals surface area contributed by atoms with Gasteiger partial charge in [-0.3, -0.25) is 5.10 Å². The van der Waals surface area contributed by atoms with Crippen molar-refractivity contribution in [2.45, 2.75) is 0 Å². The van der Waals surface area contributed by atoms with Gasteiger partial charge in [0.2, 0.25) is 0 Å². The Morgan fingerprint density at radius 1 is 1.29 bits per heavy atom. The maximum Gasteiger partial charge on any atom is 0.163 e. The van der Waals surface area contributed by atoms with Crippen molar-refractivity contribution in [1.82, 2.24) is 15.2 Å². The molecule has 1 aliphatic heterocycles. The topological polar surface area (TPSA) is 66.0 Å². The van der Waals surface area contributed by atoms with Gasteiger partial charge in [-0.25, -0.2) is 9.98 Å². The summed E-state index contributed by atoms with van der Waals surface area (Å²) in [5.74, 6) is 0.697. The Morgan fingerprint density at radius 2 is 2.29 bits per heavy atom. The summed E-state index contributed by atoms with van der Waals surface area (Å²) in [4.78, 5) is 8.35. The van der Waals surface area contributed by atoms with Gasteiger partial charge in [-0.15, -0.1) is 0 Å². The third-order valence-electron chi connectivity index (χ3n) is 2.10. The summed E-state index contributed by atoms with van der Waals surface area (Å²) >= 11 is 0. The molecule has 0 saturated carbocycles. The van der Waals surface area contributed by atoms with Crippen molar-refractivity contribution >= 4 is 17.8 Å². The van der Waals surface area contributed by atoms with E-state index in [9.17, 15) is 0 Å². The van der Waals surface area contributed by atoms with Crippen LogP contribution in [0.4, 0.5) is 11.5 Å². The maximum atomic E-state index is 4.18. The van der Waals surface area contributed by atoms with Crippen LogP contribution in [0.1, 0.15) is 0 Å². The first-order chi connectivity index (χ1) is 6.95. The standard InChI is InChI=1S/C9H7N5/c1-2-6-8-7(4-13-14-8)11-5-12-9(6)10-3-1/h1-5H,(H,13,14)(H,10,11,12). The molecule has 0 radical (unpaired) electrons. The summed E-state index contributed by atoms with van der Waals surface area (Å²) in [7, 11) is 0. The SMILES string of the molecule is C1=Nc2ncccc2-c2[nH]ncc2N1. The molecule has 0 aromatic carbocycles. The van der Waals surface area contributed by atoms with Gasteiger partial charge in [0.15, 0.2) is 5.82 Å². The lowest BCUT2D eigenvalue weighted by Crippen LogP contribution is -1.91. The number of pyridine rings is 1. The monoisotopic (exact) mass is 185 g/mol. The van der Waals surface area contributed by atoms with E-state index in [-0.39, 0.29) is 0 Å². The number of anilines is 1. The second-order valence-electron chi connectivity index (χ2n) is 2.94. The first kappa shape index (κ1) is 7.25. The lowest BCUT2D eigenvalue weighted by molar-refractivity contribution is 1.09. The summed E-state index contributed by atoms with van der Waals surface area (Å²) in [5.41, 5.74) is 2.80.